The van der Waals surface area contributed by atoms with Gasteiger partial charge in [-0.05, 0) is 42.8 Å². The molecular weight excluding hydrogens is 485 g/mol. The zero-order valence-electron chi connectivity index (χ0n) is 17.1. The Kier molecular flexibility index (Phi) is 5.62. The number of carbonyl (C=O) groups excluding carboxylic acids is 1. The van der Waals surface area contributed by atoms with Crippen molar-refractivity contribution in [1.82, 2.24) is 24.7 Å². The number of fused-ring (bicyclic) bond motifs is 1. The minimum Gasteiger partial charge on any atom is -0.330 e. The first-order chi connectivity index (χ1) is 15.9. The third-order valence-electron chi connectivity index (χ3n) is 5.16. The van der Waals surface area contributed by atoms with E-state index in [1.165, 1.54) is 6.33 Å². The lowest BCUT2D eigenvalue weighted by Gasteiger charge is -2.10. The van der Waals surface area contributed by atoms with E-state index < -0.39 is 5.78 Å². The molecule has 164 valence electrons. The lowest BCUT2D eigenvalue weighted by Crippen LogP contribution is -2.04. The average molecular weight is 499 g/mol. The first-order valence-corrected chi connectivity index (χ1v) is 10.9. The van der Waals surface area contributed by atoms with Crippen LogP contribution in [0.25, 0.3) is 22.4 Å². The van der Waals surface area contributed by atoms with E-state index >= 15 is 0 Å². The summed E-state index contributed by atoms with van der Waals surface area (Å²) in [5, 5.41) is 5.84. The summed E-state index contributed by atoms with van der Waals surface area (Å²) in [5.41, 5.74) is 3.27. The van der Waals surface area contributed by atoms with Gasteiger partial charge in [-0.3, -0.25) is 4.79 Å². The lowest BCUT2D eigenvalue weighted by atomic mass is 10.1. The number of ketones is 1. The van der Waals surface area contributed by atoms with Gasteiger partial charge >= 0.3 is 0 Å². The Bertz CT molecular complexity index is 1510. The van der Waals surface area contributed by atoms with Crippen LogP contribution >= 0.6 is 34.8 Å². The number of rotatable bonds is 5. The molecule has 0 spiro atoms. The lowest BCUT2D eigenvalue weighted by molar-refractivity contribution is 0.0995. The van der Waals surface area contributed by atoms with Gasteiger partial charge in [0, 0.05) is 21.6 Å². The van der Waals surface area contributed by atoms with Gasteiger partial charge in [0.2, 0.25) is 5.82 Å². The van der Waals surface area contributed by atoms with Crippen LogP contribution in [-0.2, 0) is 6.54 Å². The quantitative estimate of drug-likeness (QED) is 0.275. The fourth-order valence-corrected chi connectivity index (χ4v) is 4.38. The number of nitrogens with zero attached hydrogens (tertiary/aromatic N) is 5. The predicted octanol–water partition coefficient (Wildman–Crippen LogP) is 6.03. The molecule has 0 fully saturated rings. The van der Waals surface area contributed by atoms with E-state index in [4.69, 9.17) is 39.3 Å². The van der Waals surface area contributed by atoms with E-state index in [0.717, 1.165) is 16.6 Å². The van der Waals surface area contributed by atoms with Crippen molar-refractivity contribution in [2.75, 3.05) is 0 Å². The van der Waals surface area contributed by atoms with E-state index in [0.29, 0.717) is 27.7 Å². The first-order valence-electron chi connectivity index (χ1n) is 9.79. The monoisotopic (exact) mass is 497 g/mol. The van der Waals surface area contributed by atoms with E-state index in [1.54, 1.807) is 24.4 Å². The third-order valence-corrected chi connectivity index (χ3v) is 6.14. The molecule has 0 amide bonds. The minimum atomic E-state index is -0.482. The molecule has 3 heterocycles. The molecule has 0 N–H and O–H groups in total. The van der Waals surface area contributed by atoms with Crippen molar-refractivity contribution in [2.24, 2.45) is 0 Å². The summed E-state index contributed by atoms with van der Waals surface area (Å²) in [4.78, 5) is 25.6. The molecule has 0 radical (unpaired) electrons. The van der Waals surface area contributed by atoms with Gasteiger partial charge in [0.25, 0.3) is 11.7 Å². The Balaban J connectivity index is 1.61. The molecule has 5 aromatic rings. The van der Waals surface area contributed by atoms with Crippen LogP contribution in [0.1, 0.15) is 27.4 Å². The molecule has 10 heteroatoms. The van der Waals surface area contributed by atoms with Crippen LogP contribution in [0.15, 0.2) is 59.5 Å². The minimum absolute atomic E-state index is 0.185. The fourth-order valence-electron chi connectivity index (χ4n) is 3.58. The maximum absolute atomic E-state index is 13.4. The topological polar surface area (TPSA) is 86.7 Å². The predicted molar refractivity (Wildman–Crippen MR) is 126 cm³/mol. The molecule has 0 atom stereocenters. The second kappa shape index (κ2) is 8.59. The van der Waals surface area contributed by atoms with Crippen molar-refractivity contribution < 1.29 is 9.32 Å². The van der Waals surface area contributed by atoms with Gasteiger partial charge in [-0.25, -0.2) is 9.97 Å². The molecule has 2 aromatic carbocycles. The molecule has 0 bridgehead atoms. The van der Waals surface area contributed by atoms with Gasteiger partial charge in [-0.1, -0.05) is 57.7 Å². The molecule has 0 aliphatic rings. The van der Waals surface area contributed by atoms with Crippen LogP contribution in [-0.4, -0.2) is 30.5 Å². The highest BCUT2D eigenvalue weighted by molar-refractivity contribution is 6.37. The van der Waals surface area contributed by atoms with Gasteiger partial charge in [0.05, 0.1) is 17.6 Å². The SMILES string of the molecule is Cc1ccc2c(c1)c(C(=O)c1nc(-c3ccncn3)no1)c(Cl)n2Cc1ccc(Cl)cc1Cl. The van der Waals surface area contributed by atoms with E-state index in [-0.39, 0.29) is 22.4 Å². The molecule has 0 aliphatic carbocycles. The Labute approximate surface area is 202 Å². The molecule has 0 saturated heterocycles. The normalized spacial score (nSPS) is 11.3. The van der Waals surface area contributed by atoms with Gasteiger partial charge in [-0.15, -0.1) is 0 Å². The van der Waals surface area contributed by atoms with Crippen molar-refractivity contribution in [1.29, 1.82) is 0 Å². The second-order valence-electron chi connectivity index (χ2n) is 7.36. The van der Waals surface area contributed by atoms with Crippen LogP contribution < -0.4 is 0 Å². The van der Waals surface area contributed by atoms with Gasteiger partial charge in [-0.2, -0.15) is 4.98 Å². The molecule has 3 aromatic heterocycles. The third kappa shape index (κ3) is 3.99. The van der Waals surface area contributed by atoms with E-state index in [1.807, 2.05) is 35.8 Å². The molecule has 33 heavy (non-hydrogen) atoms. The Hall–Kier alpha value is -3.26. The number of halogens is 3. The number of hydrogen-bond donors (Lipinski definition) is 0. The van der Waals surface area contributed by atoms with Crippen molar-refractivity contribution in [3.05, 3.63) is 92.8 Å². The van der Waals surface area contributed by atoms with E-state index in [2.05, 4.69) is 20.1 Å². The number of aromatic nitrogens is 5. The highest BCUT2D eigenvalue weighted by Crippen LogP contribution is 2.34. The number of carbonyl (C=O) groups is 1. The maximum atomic E-state index is 13.4. The standard InChI is InChI=1S/C23H14Cl3N5O2/c1-12-2-5-18-15(8-12)19(21(26)31(18)10-13-3-4-14(24)9-16(13)25)20(32)23-29-22(30-33-23)17-6-7-27-11-28-17/h2-9,11H,10H2,1H3. The summed E-state index contributed by atoms with van der Waals surface area (Å²) < 4.78 is 7.07. The summed E-state index contributed by atoms with van der Waals surface area (Å²) in [5.74, 6) is -0.482. The summed E-state index contributed by atoms with van der Waals surface area (Å²) in [6, 6.07) is 12.6. The number of aryl methyl sites for hydroxylation is 1. The number of benzene rings is 2. The molecule has 0 aliphatic heterocycles. The fraction of sp³-hybridized carbons (Fsp3) is 0.0870. The summed E-state index contributed by atoms with van der Waals surface area (Å²) in [6.07, 6.45) is 2.91. The van der Waals surface area contributed by atoms with Crippen LogP contribution in [0.4, 0.5) is 0 Å². The smallest absolute Gasteiger partial charge is 0.299 e. The van der Waals surface area contributed by atoms with Crippen molar-refractivity contribution in [3.8, 4) is 11.5 Å². The van der Waals surface area contributed by atoms with Gasteiger partial charge in [0.1, 0.15) is 17.2 Å². The zero-order chi connectivity index (χ0) is 23.1. The molecule has 0 saturated carbocycles. The Morgan fingerprint density at radius 2 is 1.94 bits per heavy atom. The van der Waals surface area contributed by atoms with Crippen LogP contribution in [0, 0.1) is 6.92 Å². The first kappa shape index (κ1) is 21.6. The molecule has 0 unspecified atom stereocenters. The van der Waals surface area contributed by atoms with Crippen LogP contribution in [0.5, 0.6) is 0 Å². The molecule has 7 nitrogen and oxygen atoms in total. The summed E-state index contributed by atoms with van der Waals surface area (Å²) in [6.45, 7) is 2.28. The summed E-state index contributed by atoms with van der Waals surface area (Å²) >= 11 is 19.2. The highest BCUT2D eigenvalue weighted by Gasteiger charge is 2.27. The second-order valence-corrected chi connectivity index (χ2v) is 8.56. The van der Waals surface area contributed by atoms with Gasteiger partial charge < -0.3 is 9.09 Å². The number of hydrogen-bond acceptors (Lipinski definition) is 6. The Morgan fingerprint density at radius 1 is 1.09 bits per heavy atom. The van der Waals surface area contributed by atoms with Crippen LogP contribution in [0.3, 0.4) is 0 Å². The largest absolute Gasteiger partial charge is 0.330 e. The molecule has 5 rings (SSSR count). The van der Waals surface area contributed by atoms with Crippen molar-refractivity contribution in [2.45, 2.75) is 13.5 Å². The highest BCUT2D eigenvalue weighted by atomic mass is 35.5. The zero-order valence-corrected chi connectivity index (χ0v) is 19.4. The van der Waals surface area contributed by atoms with Crippen molar-refractivity contribution >= 4 is 51.5 Å². The van der Waals surface area contributed by atoms with E-state index in [9.17, 15) is 4.79 Å². The van der Waals surface area contributed by atoms with Crippen molar-refractivity contribution in [3.63, 3.8) is 0 Å². The van der Waals surface area contributed by atoms with Gasteiger partial charge in [0.15, 0.2) is 0 Å². The maximum Gasteiger partial charge on any atom is 0.299 e. The Morgan fingerprint density at radius 3 is 2.70 bits per heavy atom. The molecular formula is C23H14Cl3N5O2. The average Bonchev–Trinajstić information content (AvgIpc) is 3.39. The summed E-state index contributed by atoms with van der Waals surface area (Å²) in [7, 11) is 0. The van der Waals surface area contributed by atoms with Crippen LogP contribution in [0.2, 0.25) is 15.2 Å².